The Morgan fingerprint density at radius 2 is 2.35 bits per heavy atom. The number of nitrogens with zero attached hydrogens (tertiary/aromatic N) is 5. The fourth-order valence-corrected chi connectivity index (χ4v) is 0.441. The third kappa shape index (κ3) is 13.8. The molecular formula is C8H18N8O. The van der Waals surface area contributed by atoms with Crippen LogP contribution in [0.15, 0.2) is 11.3 Å². The van der Waals surface area contributed by atoms with E-state index in [1.165, 1.54) is 11.0 Å². The number of nitriles is 1. The highest BCUT2D eigenvalue weighted by atomic mass is 16.5. The molecule has 0 saturated carbocycles. The average Bonchev–Trinajstić information content (AvgIpc) is 2.66. The van der Waals surface area contributed by atoms with Crippen LogP contribution < -0.4 is 17.0 Å². The summed E-state index contributed by atoms with van der Waals surface area (Å²) in [4.78, 5) is 6.77. The van der Waals surface area contributed by atoms with Crippen LogP contribution in [0.2, 0.25) is 0 Å². The molecule has 9 heteroatoms. The third-order valence-electron chi connectivity index (χ3n) is 1.10. The highest BCUT2D eigenvalue weighted by molar-refractivity contribution is 5.47. The first-order valence-electron chi connectivity index (χ1n) is 4.63. The second-order valence-corrected chi connectivity index (χ2v) is 2.32. The molecule has 0 atom stereocenters. The van der Waals surface area contributed by atoms with Gasteiger partial charge in [0.15, 0.2) is 6.40 Å². The number of nitrogens with two attached hydrogens (primary N) is 2. The molecule has 9 nitrogen and oxygen atoms in total. The molecule has 1 heterocycles. The van der Waals surface area contributed by atoms with E-state index >= 15 is 0 Å². The number of aryl methyl sites for hydroxylation is 1. The second kappa shape index (κ2) is 13.8. The summed E-state index contributed by atoms with van der Waals surface area (Å²) in [6.45, 7) is 2.38. The first-order valence-corrected chi connectivity index (χ1v) is 4.63. The fourth-order valence-electron chi connectivity index (χ4n) is 0.441. The maximum absolute atomic E-state index is 7.76. The first-order chi connectivity index (χ1) is 8.13. The number of aromatic nitrogens is 3. The van der Waals surface area contributed by atoms with E-state index in [1.54, 1.807) is 20.3 Å². The van der Waals surface area contributed by atoms with E-state index in [9.17, 15) is 0 Å². The minimum Gasteiger partial charge on any atom is -0.483 e. The normalized spacial score (nSPS) is 8.41. The monoisotopic (exact) mass is 242 g/mol. The van der Waals surface area contributed by atoms with Crippen molar-refractivity contribution in [3.63, 3.8) is 0 Å². The molecule has 0 aliphatic carbocycles. The molecule has 1 aromatic heterocycles. The van der Waals surface area contributed by atoms with Crippen LogP contribution in [0.25, 0.3) is 0 Å². The van der Waals surface area contributed by atoms with Crippen LogP contribution in [0.5, 0.6) is 0 Å². The molecule has 1 rings (SSSR count). The lowest BCUT2D eigenvalue weighted by Gasteiger charge is -1.84. The zero-order valence-corrected chi connectivity index (χ0v) is 10.2. The van der Waals surface area contributed by atoms with Crippen LogP contribution in [0.1, 0.15) is 6.92 Å². The van der Waals surface area contributed by atoms with Crippen LogP contribution in [0.4, 0.5) is 5.95 Å². The van der Waals surface area contributed by atoms with Crippen molar-refractivity contribution >= 4 is 12.3 Å². The van der Waals surface area contributed by atoms with E-state index < -0.39 is 0 Å². The molecule has 1 aromatic rings. The van der Waals surface area contributed by atoms with Crippen molar-refractivity contribution in [2.24, 2.45) is 17.9 Å². The van der Waals surface area contributed by atoms with Gasteiger partial charge in [-0.1, -0.05) is 0 Å². The number of hydrogen-bond donors (Lipinski definition) is 3. The lowest BCUT2D eigenvalue weighted by Crippen LogP contribution is -2.13. The van der Waals surface area contributed by atoms with Crippen molar-refractivity contribution in [2.45, 2.75) is 6.92 Å². The smallest absolute Gasteiger partial charge is 0.218 e. The van der Waals surface area contributed by atoms with Crippen molar-refractivity contribution in [2.75, 3.05) is 19.4 Å². The summed E-state index contributed by atoms with van der Waals surface area (Å²) < 4.78 is 6.06. The minimum atomic E-state index is 0.444. The van der Waals surface area contributed by atoms with Gasteiger partial charge in [-0.15, -0.1) is 4.99 Å². The molecule has 0 aromatic carbocycles. The Labute approximate surface area is 100 Å². The van der Waals surface area contributed by atoms with E-state index in [2.05, 4.69) is 31.1 Å². The topological polar surface area (TPSA) is 140 Å². The number of anilines is 1. The Balaban J connectivity index is 0. The van der Waals surface area contributed by atoms with E-state index in [4.69, 9.17) is 11.0 Å². The number of nitrogens with one attached hydrogen (secondary N) is 1. The van der Waals surface area contributed by atoms with Gasteiger partial charge in [0.25, 0.3) is 0 Å². The maximum atomic E-state index is 7.76. The highest BCUT2D eigenvalue weighted by Crippen LogP contribution is 1.85. The standard InChI is InChI=1S/C4H6N2O.C3H6N4.CH6N2/c1-2-7-4-6-3-5;1-7-3(4)5-2-6-7;1-3-2/h4H,2H2,1H3;2H,1H3,(H2,4,5,6);3H,2H2,1H3. The van der Waals surface area contributed by atoms with Gasteiger partial charge in [0.2, 0.25) is 12.1 Å². The van der Waals surface area contributed by atoms with Gasteiger partial charge in [0, 0.05) is 7.05 Å². The highest BCUT2D eigenvalue weighted by Gasteiger charge is 1.86. The van der Waals surface area contributed by atoms with E-state index in [1.807, 2.05) is 6.92 Å². The Morgan fingerprint density at radius 1 is 1.76 bits per heavy atom. The Kier molecular flexibility index (Phi) is 14.0. The SMILES string of the molecule is CCOC=NC#N.CNN.Cn1ncnc1N. The lowest BCUT2D eigenvalue weighted by atomic mass is 10.9. The summed E-state index contributed by atoms with van der Waals surface area (Å²) in [5.41, 5.74) is 7.48. The van der Waals surface area contributed by atoms with Crippen LogP contribution >= 0.6 is 0 Å². The predicted molar refractivity (Wildman–Crippen MR) is 64.4 cm³/mol. The van der Waals surface area contributed by atoms with E-state index in [-0.39, 0.29) is 0 Å². The zero-order chi connectivity index (χ0) is 13.5. The zero-order valence-electron chi connectivity index (χ0n) is 10.2. The molecule has 5 N–H and O–H groups in total. The molecule has 0 bridgehead atoms. The largest absolute Gasteiger partial charge is 0.483 e. The molecule has 0 radical (unpaired) electrons. The molecule has 0 spiro atoms. The van der Waals surface area contributed by atoms with Crippen LogP contribution in [-0.4, -0.2) is 34.8 Å². The summed E-state index contributed by atoms with van der Waals surface area (Å²) >= 11 is 0. The van der Waals surface area contributed by atoms with Gasteiger partial charge in [-0.2, -0.15) is 10.4 Å². The van der Waals surface area contributed by atoms with Crippen LogP contribution in [0, 0.1) is 11.5 Å². The molecular weight excluding hydrogens is 224 g/mol. The maximum Gasteiger partial charge on any atom is 0.218 e. The predicted octanol–water partition coefficient (Wildman–Crippen LogP) is -0.991. The first kappa shape index (κ1) is 17.2. The average molecular weight is 242 g/mol. The molecule has 0 fully saturated rings. The third-order valence-corrected chi connectivity index (χ3v) is 1.10. The summed E-state index contributed by atoms with van der Waals surface area (Å²) in [7, 11) is 3.39. The van der Waals surface area contributed by atoms with Gasteiger partial charge < -0.3 is 10.5 Å². The van der Waals surface area contributed by atoms with Crippen LogP contribution in [0.3, 0.4) is 0 Å². The quantitative estimate of drug-likeness (QED) is 0.199. The number of hydrazine groups is 1. The minimum absolute atomic E-state index is 0.444. The van der Waals surface area contributed by atoms with Crippen molar-refractivity contribution in [3.8, 4) is 6.19 Å². The number of rotatable bonds is 2. The van der Waals surface area contributed by atoms with Gasteiger partial charge in [-0.25, -0.2) is 9.67 Å². The fraction of sp³-hybridized carbons (Fsp3) is 0.500. The molecule has 0 aliphatic heterocycles. The summed E-state index contributed by atoms with van der Waals surface area (Å²) in [6, 6.07) is 0. The van der Waals surface area contributed by atoms with E-state index in [0.717, 1.165) is 6.40 Å². The summed E-state index contributed by atoms with van der Waals surface area (Å²) in [6.07, 6.45) is 4.08. The van der Waals surface area contributed by atoms with Gasteiger partial charge >= 0.3 is 0 Å². The van der Waals surface area contributed by atoms with Gasteiger partial charge in [-0.3, -0.25) is 11.3 Å². The van der Waals surface area contributed by atoms with Gasteiger partial charge in [0.05, 0.1) is 6.61 Å². The van der Waals surface area contributed by atoms with Crippen molar-refractivity contribution in [3.05, 3.63) is 6.33 Å². The molecule has 0 amide bonds. The Hall–Kier alpha value is -2.18. The molecule has 96 valence electrons. The van der Waals surface area contributed by atoms with Gasteiger partial charge in [-0.05, 0) is 14.0 Å². The molecule has 0 unspecified atom stereocenters. The lowest BCUT2D eigenvalue weighted by molar-refractivity contribution is 0.344. The van der Waals surface area contributed by atoms with Crippen molar-refractivity contribution in [1.82, 2.24) is 20.2 Å². The number of hydrogen-bond acceptors (Lipinski definition) is 8. The molecule has 0 aliphatic rings. The molecule has 17 heavy (non-hydrogen) atoms. The Morgan fingerprint density at radius 3 is 2.59 bits per heavy atom. The van der Waals surface area contributed by atoms with Gasteiger partial charge in [0.1, 0.15) is 6.33 Å². The van der Waals surface area contributed by atoms with Crippen molar-refractivity contribution < 1.29 is 4.74 Å². The number of ether oxygens (including phenoxy) is 1. The number of nitrogen functional groups attached to an aromatic ring is 1. The molecule has 0 saturated heterocycles. The summed E-state index contributed by atoms with van der Waals surface area (Å²) in [5, 5.41) is 11.5. The van der Waals surface area contributed by atoms with Crippen molar-refractivity contribution in [1.29, 1.82) is 5.26 Å². The number of aliphatic imine (C=N–C) groups is 1. The second-order valence-electron chi connectivity index (χ2n) is 2.32. The van der Waals surface area contributed by atoms with Crippen LogP contribution in [-0.2, 0) is 11.8 Å². The summed E-state index contributed by atoms with van der Waals surface area (Å²) in [5.74, 6) is 5.04. The Bertz CT molecular complexity index is 312. The van der Waals surface area contributed by atoms with E-state index in [0.29, 0.717) is 12.6 Å².